The van der Waals surface area contributed by atoms with Crippen LogP contribution in [0.1, 0.15) is 87.7 Å². The number of nitrogens with one attached hydrogen (secondary N) is 2. The van der Waals surface area contributed by atoms with Crippen molar-refractivity contribution in [1.82, 2.24) is 25.3 Å². The molecular formula is C36H42N6O6. The van der Waals surface area contributed by atoms with Gasteiger partial charge in [0, 0.05) is 55.0 Å². The fourth-order valence-corrected chi connectivity index (χ4v) is 7.34. The van der Waals surface area contributed by atoms with Gasteiger partial charge >= 0.3 is 6.09 Å². The summed E-state index contributed by atoms with van der Waals surface area (Å²) < 4.78 is 7.47. The van der Waals surface area contributed by atoms with Crippen LogP contribution in [0.25, 0.3) is 10.8 Å². The number of imide groups is 1. The van der Waals surface area contributed by atoms with E-state index in [0.717, 1.165) is 34.7 Å². The molecule has 1 atom stereocenters. The van der Waals surface area contributed by atoms with E-state index < -0.39 is 29.2 Å². The number of piperidine rings is 2. The number of hydrogen-bond acceptors (Lipinski definition) is 7. The van der Waals surface area contributed by atoms with Crippen molar-refractivity contribution in [3.05, 3.63) is 59.4 Å². The molecule has 2 aromatic carbocycles. The molecule has 12 nitrogen and oxygen atoms in total. The van der Waals surface area contributed by atoms with Crippen LogP contribution >= 0.6 is 0 Å². The number of aromatic nitrogens is 2. The maximum atomic E-state index is 13.6. The lowest BCUT2D eigenvalue weighted by Gasteiger charge is -2.42. The monoisotopic (exact) mass is 654 g/mol. The van der Waals surface area contributed by atoms with Gasteiger partial charge in [0.15, 0.2) is 0 Å². The second-order valence-electron chi connectivity index (χ2n) is 15.0. The van der Waals surface area contributed by atoms with Gasteiger partial charge in [0.25, 0.3) is 5.91 Å². The Morgan fingerprint density at radius 1 is 1.06 bits per heavy atom. The smallest absolute Gasteiger partial charge is 0.407 e. The molecule has 4 aliphatic rings. The topological polar surface area (TPSA) is 143 Å². The summed E-state index contributed by atoms with van der Waals surface area (Å²) in [4.78, 5) is 67.4. The molecule has 0 radical (unpaired) electrons. The van der Waals surface area contributed by atoms with Crippen LogP contribution in [0.4, 0.5) is 10.5 Å². The van der Waals surface area contributed by atoms with Crippen molar-refractivity contribution in [2.45, 2.75) is 89.8 Å². The van der Waals surface area contributed by atoms with Crippen molar-refractivity contribution in [2.75, 3.05) is 24.5 Å². The van der Waals surface area contributed by atoms with E-state index in [4.69, 9.17) is 9.84 Å². The first-order valence-electron chi connectivity index (χ1n) is 16.8. The fourth-order valence-electron chi connectivity index (χ4n) is 7.34. The maximum Gasteiger partial charge on any atom is 0.407 e. The third-order valence-corrected chi connectivity index (χ3v) is 10.3. The molecule has 1 aromatic heterocycles. The van der Waals surface area contributed by atoms with Gasteiger partial charge < -0.3 is 15.0 Å². The van der Waals surface area contributed by atoms with E-state index in [2.05, 4.69) is 10.6 Å². The molecule has 1 unspecified atom stereocenters. The average molecular weight is 655 g/mol. The third kappa shape index (κ3) is 5.71. The minimum Gasteiger partial charge on any atom is -0.444 e. The molecule has 1 saturated carbocycles. The molecule has 252 valence electrons. The average Bonchev–Trinajstić information content (AvgIpc) is 3.50. The van der Waals surface area contributed by atoms with Crippen LogP contribution in [-0.2, 0) is 31.1 Å². The Labute approximate surface area is 279 Å². The zero-order chi connectivity index (χ0) is 34.0. The highest BCUT2D eigenvalue weighted by molar-refractivity contribution is 6.27. The van der Waals surface area contributed by atoms with E-state index in [1.54, 1.807) is 6.07 Å². The van der Waals surface area contributed by atoms with E-state index in [0.29, 0.717) is 50.1 Å². The number of amides is 5. The Hall–Kier alpha value is -4.74. The summed E-state index contributed by atoms with van der Waals surface area (Å²) in [5.41, 5.74) is 1.76. The third-order valence-electron chi connectivity index (χ3n) is 10.3. The normalized spacial score (nSPS) is 21.3. The van der Waals surface area contributed by atoms with Gasteiger partial charge in [-0.1, -0.05) is 25.1 Å². The number of carbonyl (C=O) groups excluding carboxylic acids is 5. The lowest BCUT2D eigenvalue weighted by atomic mass is 9.86. The molecule has 0 spiro atoms. The van der Waals surface area contributed by atoms with Gasteiger partial charge in [-0.3, -0.25) is 34.1 Å². The SMILES string of the molecule is CC(C)(C)OC(=O)NCC1(n2cc(Cc3ccc4c5c(cccc35)C(=O)N4C3CCC(=O)NC3=O)cn2)CCN(C(=O)C2(C)CC2)CC1. The van der Waals surface area contributed by atoms with E-state index >= 15 is 0 Å². The first-order valence-corrected chi connectivity index (χ1v) is 16.8. The van der Waals surface area contributed by atoms with Gasteiger partial charge in [0.2, 0.25) is 17.7 Å². The molecule has 3 aliphatic heterocycles. The zero-order valence-corrected chi connectivity index (χ0v) is 27.9. The molecular weight excluding hydrogens is 612 g/mol. The molecule has 12 heteroatoms. The summed E-state index contributed by atoms with van der Waals surface area (Å²) in [6.07, 6.45) is 7.48. The molecule has 3 aromatic rings. The number of nitrogens with zero attached hydrogens (tertiary/aromatic N) is 4. The quantitative estimate of drug-likeness (QED) is 0.366. The summed E-state index contributed by atoms with van der Waals surface area (Å²) in [5.74, 6) is -0.811. The largest absolute Gasteiger partial charge is 0.444 e. The fraction of sp³-hybridized carbons (Fsp3) is 0.500. The van der Waals surface area contributed by atoms with Crippen molar-refractivity contribution in [2.24, 2.45) is 5.41 Å². The van der Waals surface area contributed by atoms with Crippen LogP contribution in [0.2, 0.25) is 0 Å². The molecule has 2 saturated heterocycles. The second-order valence-corrected chi connectivity index (χ2v) is 15.0. The molecule has 7 rings (SSSR count). The van der Waals surface area contributed by atoms with Crippen molar-refractivity contribution in [3.8, 4) is 0 Å². The summed E-state index contributed by atoms with van der Waals surface area (Å²) in [5, 5.41) is 11.9. The van der Waals surface area contributed by atoms with Crippen molar-refractivity contribution in [1.29, 1.82) is 0 Å². The van der Waals surface area contributed by atoms with Crippen LogP contribution in [0.3, 0.4) is 0 Å². The minimum absolute atomic E-state index is 0.185. The Kier molecular flexibility index (Phi) is 7.60. The van der Waals surface area contributed by atoms with E-state index in [-0.39, 0.29) is 36.0 Å². The molecule has 1 aliphatic carbocycles. The van der Waals surface area contributed by atoms with Gasteiger partial charge in [-0.05, 0) is 81.5 Å². The standard InChI is InChI=1S/C36H42N6O6/c1-34(2,3)48-33(47)37-21-36(14-16-40(17-15-36)32(46)35(4)12-13-35)41-20-22(19-38-41)18-23-8-9-26-29-24(23)6-5-7-25(29)31(45)42(26)27-10-11-28(43)39-30(27)44/h5-9,19-20,27H,10-18,21H2,1-4H3,(H,37,47)(H,39,43,44). The number of likely N-dealkylation sites (tertiary alicyclic amines) is 1. The number of hydrogen-bond donors (Lipinski definition) is 2. The summed E-state index contributed by atoms with van der Waals surface area (Å²) in [6, 6.07) is 8.76. The highest BCUT2D eigenvalue weighted by Gasteiger charge is 2.49. The second kappa shape index (κ2) is 11.5. The van der Waals surface area contributed by atoms with Crippen LogP contribution in [-0.4, -0.2) is 75.7 Å². The van der Waals surface area contributed by atoms with Crippen molar-refractivity contribution >= 4 is 46.2 Å². The molecule has 48 heavy (non-hydrogen) atoms. The van der Waals surface area contributed by atoms with E-state index in [1.165, 1.54) is 4.90 Å². The van der Waals surface area contributed by atoms with Gasteiger partial charge in [0.05, 0.1) is 17.4 Å². The predicted octanol–water partition coefficient (Wildman–Crippen LogP) is 4.04. The van der Waals surface area contributed by atoms with Gasteiger partial charge in [-0.15, -0.1) is 0 Å². The number of ether oxygens (including phenoxy) is 1. The summed E-state index contributed by atoms with van der Waals surface area (Å²) >= 11 is 0. The Balaban J connectivity index is 1.14. The molecule has 3 fully saturated rings. The number of carbonyl (C=O) groups is 5. The molecule has 5 amide bonds. The van der Waals surface area contributed by atoms with Crippen LogP contribution in [0, 0.1) is 5.41 Å². The summed E-state index contributed by atoms with van der Waals surface area (Å²) in [7, 11) is 0. The van der Waals surface area contributed by atoms with Crippen LogP contribution in [0.15, 0.2) is 42.7 Å². The number of alkyl carbamates (subject to hydrolysis) is 1. The number of anilines is 1. The Morgan fingerprint density at radius 3 is 2.50 bits per heavy atom. The lowest BCUT2D eigenvalue weighted by Crippen LogP contribution is -2.54. The van der Waals surface area contributed by atoms with Gasteiger partial charge in [0.1, 0.15) is 11.6 Å². The highest BCUT2D eigenvalue weighted by atomic mass is 16.6. The van der Waals surface area contributed by atoms with Crippen molar-refractivity contribution in [3.63, 3.8) is 0 Å². The number of rotatable bonds is 7. The minimum atomic E-state index is -0.741. The van der Waals surface area contributed by atoms with Gasteiger partial charge in [-0.25, -0.2) is 4.79 Å². The first kappa shape index (κ1) is 31.8. The molecule has 4 heterocycles. The van der Waals surface area contributed by atoms with Gasteiger partial charge in [-0.2, -0.15) is 5.10 Å². The first-order chi connectivity index (χ1) is 22.8. The highest BCUT2D eigenvalue weighted by Crippen LogP contribution is 2.47. The Bertz CT molecular complexity index is 1840. The summed E-state index contributed by atoms with van der Waals surface area (Å²) in [6.45, 7) is 8.97. The van der Waals surface area contributed by atoms with E-state index in [9.17, 15) is 24.0 Å². The zero-order valence-electron chi connectivity index (χ0n) is 27.9. The molecule has 0 bridgehead atoms. The molecule has 2 N–H and O–H groups in total. The maximum absolute atomic E-state index is 13.6. The van der Waals surface area contributed by atoms with E-state index in [1.807, 2.05) is 73.9 Å². The van der Waals surface area contributed by atoms with Crippen LogP contribution in [0.5, 0.6) is 0 Å². The predicted molar refractivity (Wildman–Crippen MR) is 177 cm³/mol. The Morgan fingerprint density at radius 2 is 1.81 bits per heavy atom. The lowest BCUT2D eigenvalue weighted by molar-refractivity contribution is -0.138. The van der Waals surface area contributed by atoms with Crippen molar-refractivity contribution < 1.29 is 28.7 Å². The van der Waals surface area contributed by atoms with Crippen LogP contribution < -0.4 is 15.5 Å². The number of benzene rings is 2.